The van der Waals surface area contributed by atoms with Crippen LogP contribution in [0.5, 0.6) is 17.2 Å². The summed E-state index contributed by atoms with van der Waals surface area (Å²) >= 11 is 0. The first kappa shape index (κ1) is 27.5. The van der Waals surface area contributed by atoms with Crippen molar-refractivity contribution >= 4 is 17.4 Å². The summed E-state index contributed by atoms with van der Waals surface area (Å²) in [6.45, 7) is 8.88. The Morgan fingerprint density at radius 1 is 0.974 bits per heavy atom. The van der Waals surface area contributed by atoms with Crippen molar-refractivity contribution in [1.29, 1.82) is 0 Å². The molecule has 1 N–H and O–H groups in total. The van der Waals surface area contributed by atoms with Crippen LogP contribution in [0.4, 0.5) is 0 Å². The molecule has 0 bridgehead atoms. The van der Waals surface area contributed by atoms with E-state index in [4.69, 9.17) is 18.9 Å². The second kappa shape index (κ2) is 12.8. The fraction of sp³-hybridized carbons (Fsp3) is 0.448. The fourth-order valence-electron chi connectivity index (χ4n) is 4.89. The largest absolute Gasteiger partial charge is 0.507 e. The Bertz CT molecular complexity index is 1160. The smallest absolute Gasteiger partial charge is 0.295 e. The molecule has 2 aromatic rings. The zero-order valence-electron chi connectivity index (χ0n) is 22.3. The lowest BCUT2D eigenvalue weighted by atomic mass is 9.95. The zero-order chi connectivity index (χ0) is 27.1. The number of methoxy groups -OCH3 is 1. The summed E-state index contributed by atoms with van der Waals surface area (Å²) in [7, 11) is 1.55. The van der Waals surface area contributed by atoms with Gasteiger partial charge in [0.1, 0.15) is 11.5 Å². The summed E-state index contributed by atoms with van der Waals surface area (Å²) in [5, 5.41) is 11.3. The Kier molecular flexibility index (Phi) is 9.25. The second-order valence-electron chi connectivity index (χ2n) is 9.10. The molecule has 204 valence electrons. The van der Waals surface area contributed by atoms with E-state index in [2.05, 4.69) is 4.90 Å². The Morgan fingerprint density at radius 2 is 1.66 bits per heavy atom. The molecule has 2 aromatic carbocycles. The van der Waals surface area contributed by atoms with E-state index in [1.165, 1.54) is 0 Å². The van der Waals surface area contributed by atoms with Crippen LogP contribution in [0.25, 0.3) is 5.76 Å². The summed E-state index contributed by atoms with van der Waals surface area (Å²) in [4.78, 5) is 30.5. The highest BCUT2D eigenvalue weighted by molar-refractivity contribution is 6.46. The molecule has 2 saturated heterocycles. The van der Waals surface area contributed by atoms with Gasteiger partial charge in [-0.05, 0) is 62.2 Å². The Labute approximate surface area is 223 Å². The number of carbonyl (C=O) groups is 2. The van der Waals surface area contributed by atoms with Gasteiger partial charge in [0.25, 0.3) is 11.7 Å². The minimum atomic E-state index is -0.767. The van der Waals surface area contributed by atoms with E-state index in [0.717, 1.165) is 19.6 Å². The van der Waals surface area contributed by atoms with Gasteiger partial charge in [-0.15, -0.1) is 0 Å². The Hall–Kier alpha value is -3.56. The molecule has 2 aliphatic heterocycles. The van der Waals surface area contributed by atoms with Crippen LogP contribution in [0.1, 0.15) is 37.4 Å². The van der Waals surface area contributed by atoms with Gasteiger partial charge >= 0.3 is 0 Å². The quantitative estimate of drug-likeness (QED) is 0.270. The van der Waals surface area contributed by atoms with Crippen molar-refractivity contribution in [3.8, 4) is 17.2 Å². The van der Waals surface area contributed by atoms with Crippen LogP contribution in [-0.2, 0) is 14.3 Å². The van der Waals surface area contributed by atoms with E-state index in [1.807, 2.05) is 19.9 Å². The lowest BCUT2D eigenvalue weighted by Gasteiger charge is -2.29. The molecule has 38 heavy (non-hydrogen) atoms. The molecule has 9 heteroatoms. The minimum absolute atomic E-state index is 0.0538. The molecule has 0 saturated carbocycles. The lowest BCUT2D eigenvalue weighted by Crippen LogP contribution is -2.39. The number of morpholine rings is 1. The van der Waals surface area contributed by atoms with Gasteiger partial charge in [-0.2, -0.15) is 0 Å². The highest BCUT2D eigenvalue weighted by Gasteiger charge is 2.46. The van der Waals surface area contributed by atoms with Crippen LogP contribution < -0.4 is 14.2 Å². The van der Waals surface area contributed by atoms with Crippen LogP contribution >= 0.6 is 0 Å². The number of hydrogen-bond acceptors (Lipinski definition) is 8. The third-order valence-electron chi connectivity index (χ3n) is 6.76. The van der Waals surface area contributed by atoms with Gasteiger partial charge in [0, 0.05) is 31.7 Å². The number of carbonyl (C=O) groups excluding carboxylic acids is 2. The van der Waals surface area contributed by atoms with Crippen molar-refractivity contribution < 1.29 is 33.6 Å². The van der Waals surface area contributed by atoms with E-state index in [9.17, 15) is 14.7 Å². The molecule has 0 aromatic heterocycles. The van der Waals surface area contributed by atoms with Gasteiger partial charge in [0.15, 0.2) is 11.5 Å². The average Bonchev–Trinajstić information content (AvgIpc) is 3.19. The standard InChI is InChI=1S/C29H36N2O7/c1-4-37-23-12-9-21(19-24(23)38-5-2)26-25(27(32)20-7-10-22(35-3)11-8-20)28(33)29(34)31(26)14-6-13-30-15-17-36-18-16-30/h7-12,19,26,32H,4-6,13-18H2,1-3H3/b27-25-. The second-order valence-corrected chi connectivity index (χ2v) is 9.10. The molecule has 9 nitrogen and oxygen atoms in total. The summed E-state index contributed by atoms with van der Waals surface area (Å²) < 4.78 is 22.2. The number of benzene rings is 2. The maximum absolute atomic E-state index is 13.4. The number of Topliss-reactive ketones (excluding diaryl/α,β-unsaturated/α-hetero) is 1. The maximum Gasteiger partial charge on any atom is 0.295 e. The predicted octanol–water partition coefficient (Wildman–Crippen LogP) is 3.64. The first-order chi connectivity index (χ1) is 18.5. The van der Waals surface area contributed by atoms with E-state index >= 15 is 0 Å². The van der Waals surface area contributed by atoms with Gasteiger partial charge in [-0.25, -0.2) is 0 Å². The number of rotatable bonds is 11. The van der Waals surface area contributed by atoms with E-state index < -0.39 is 17.7 Å². The monoisotopic (exact) mass is 524 g/mol. The van der Waals surface area contributed by atoms with Crippen molar-refractivity contribution in [2.75, 3.05) is 59.7 Å². The summed E-state index contributed by atoms with van der Waals surface area (Å²) in [6.07, 6.45) is 0.682. The van der Waals surface area contributed by atoms with Gasteiger partial charge in [0.05, 0.1) is 45.2 Å². The predicted molar refractivity (Wildman–Crippen MR) is 143 cm³/mol. The molecule has 0 radical (unpaired) electrons. The van der Waals surface area contributed by atoms with Crippen LogP contribution in [0.3, 0.4) is 0 Å². The first-order valence-electron chi connectivity index (χ1n) is 13.1. The number of nitrogens with zero attached hydrogens (tertiary/aromatic N) is 2. The zero-order valence-corrected chi connectivity index (χ0v) is 22.3. The highest BCUT2D eigenvalue weighted by atomic mass is 16.5. The van der Waals surface area contributed by atoms with Gasteiger partial charge in [-0.1, -0.05) is 6.07 Å². The van der Waals surface area contributed by atoms with Crippen LogP contribution in [-0.4, -0.2) is 86.3 Å². The molecular weight excluding hydrogens is 488 g/mol. The third-order valence-corrected chi connectivity index (χ3v) is 6.76. The fourth-order valence-corrected chi connectivity index (χ4v) is 4.89. The lowest BCUT2D eigenvalue weighted by molar-refractivity contribution is -0.140. The molecule has 0 spiro atoms. The van der Waals surface area contributed by atoms with E-state index in [-0.39, 0.29) is 11.3 Å². The topological polar surface area (TPSA) is 97.8 Å². The minimum Gasteiger partial charge on any atom is -0.507 e. The molecule has 1 atom stereocenters. The van der Waals surface area contributed by atoms with Crippen molar-refractivity contribution in [2.45, 2.75) is 26.3 Å². The number of likely N-dealkylation sites (tertiary alicyclic amines) is 1. The number of aliphatic hydroxyl groups excluding tert-OH is 1. The van der Waals surface area contributed by atoms with Gasteiger partial charge < -0.3 is 29.0 Å². The van der Waals surface area contributed by atoms with Crippen molar-refractivity contribution in [3.05, 3.63) is 59.2 Å². The summed E-state index contributed by atoms with van der Waals surface area (Å²) in [6, 6.07) is 11.4. The van der Waals surface area contributed by atoms with Crippen LogP contribution in [0, 0.1) is 0 Å². The molecule has 2 heterocycles. The molecule has 2 fully saturated rings. The summed E-state index contributed by atoms with van der Waals surface area (Å²) in [5.41, 5.74) is 1.15. The van der Waals surface area contributed by atoms with Gasteiger partial charge in [0.2, 0.25) is 0 Å². The normalized spacial score (nSPS) is 19.6. The average molecular weight is 525 g/mol. The molecule has 4 rings (SSSR count). The molecule has 2 aliphatic rings. The van der Waals surface area contributed by atoms with E-state index in [1.54, 1.807) is 48.4 Å². The van der Waals surface area contributed by atoms with Crippen molar-refractivity contribution in [1.82, 2.24) is 9.80 Å². The maximum atomic E-state index is 13.4. The Balaban J connectivity index is 1.72. The first-order valence-corrected chi connectivity index (χ1v) is 13.1. The van der Waals surface area contributed by atoms with Crippen LogP contribution in [0.2, 0.25) is 0 Å². The number of amides is 1. The van der Waals surface area contributed by atoms with Crippen molar-refractivity contribution in [3.63, 3.8) is 0 Å². The number of hydrogen-bond donors (Lipinski definition) is 1. The molecular formula is C29H36N2O7. The summed E-state index contributed by atoms with van der Waals surface area (Å²) in [5.74, 6) is 0.168. The van der Waals surface area contributed by atoms with E-state index in [0.29, 0.717) is 67.8 Å². The molecule has 1 unspecified atom stereocenters. The Morgan fingerprint density at radius 3 is 2.32 bits per heavy atom. The number of aliphatic hydroxyl groups is 1. The number of ether oxygens (including phenoxy) is 4. The SMILES string of the molecule is CCOc1ccc(C2/C(=C(/O)c3ccc(OC)cc3)C(=O)C(=O)N2CCCN2CCOCC2)cc1OCC. The third kappa shape index (κ3) is 5.95. The number of ketones is 1. The molecule has 1 amide bonds. The van der Waals surface area contributed by atoms with Crippen molar-refractivity contribution in [2.24, 2.45) is 0 Å². The highest BCUT2D eigenvalue weighted by Crippen LogP contribution is 2.42. The van der Waals surface area contributed by atoms with Crippen LogP contribution in [0.15, 0.2) is 48.0 Å². The molecule has 0 aliphatic carbocycles. The van der Waals surface area contributed by atoms with Gasteiger partial charge in [-0.3, -0.25) is 14.5 Å².